The first-order chi connectivity index (χ1) is 8.27. The van der Waals surface area contributed by atoms with Gasteiger partial charge in [-0.05, 0) is 22.8 Å². The molecule has 0 radical (unpaired) electrons. The highest BCUT2D eigenvalue weighted by atomic mass is 16.5. The second-order valence-electron chi connectivity index (χ2n) is 4.05. The molecule has 0 aliphatic rings. The Balaban J connectivity index is 2.57. The van der Waals surface area contributed by atoms with Crippen molar-refractivity contribution >= 4 is 16.7 Å². The number of hydrogen-bond donors (Lipinski definition) is 0. The Morgan fingerprint density at radius 2 is 1.88 bits per heavy atom. The van der Waals surface area contributed by atoms with Gasteiger partial charge in [-0.2, -0.15) is 0 Å². The Hall–Kier alpha value is -1.83. The van der Waals surface area contributed by atoms with Gasteiger partial charge in [-0.1, -0.05) is 49.4 Å². The molecule has 1 atom stereocenters. The minimum Gasteiger partial charge on any atom is -0.469 e. The van der Waals surface area contributed by atoms with E-state index >= 15 is 0 Å². The highest BCUT2D eigenvalue weighted by Crippen LogP contribution is 2.28. The summed E-state index contributed by atoms with van der Waals surface area (Å²) in [5.74, 6) is -0.338. The van der Waals surface area contributed by atoms with Gasteiger partial charge in [0, 0.05) is 0 Å². The topological polar surface area (TPSA) is 26.3 Å². The number of ether oxygens (including phenoxy) is 1. The van der Waals surface area contributed by atoms with Gasteiger partial charge in [-0.3, -0.25) is 4.79 Å². The van der Waals surface area contributed by atoms with Gasteiger partial charge in [0.05, 0.1) is 13.0 Å². The van der Waals surface area contributed by atoms with Crippen LogP contribution in [0.4, 0.5) is 0 Å². The maximum Gasteiger partial charge on any atom is 0.313 e. The maximum atomic E-state index is 11.8. The van der Waals surface area contributed by atoms with Gasteiger partial charge in [-0.15, -0.1) is 0 Å². The summed E-state index contributed by atoms with van der Waals surface area (Å²) in [5.41, 5.74) is 1.05. The molecule has 0 aromatic heterocycles. The first-order valence-corrected chi connectivity index (χ1v) is 5.83. The minimum absolute atomic E-state index is 0.163. The van der Waals surface area contributed by atoms with E-state index in [9.17, 15) is 4.79 Å². The zero-order valence-corrected chi connectivity index (χ0v) is 10.1. The van der Waals surface area contributed by atoms with Crippen molar-refractivity contribution in [3.05, 3.63) is 48.0 Å². The van der Waals surface area contributed by atoms with E-state index in [0.29, 0.717) is 0 Å². The summed E-state index contributed by atoms with van der Waals surface area (Å²) in [5, 5.41) is 2.29. The Labute approximate surface area is 101 Å². The summed E-state index contributed by atoms with van der Waals surface area (Å²) in [6, 6.07) is 14.2. The molecule has 2 nitrogen and oxygen atoms in total. The molecular formula is C15H16O2. The van der Waals surface area contributed by atoms with Gasteiger partial charge in [0.25, 0.3) is 0 Å². The Kier molecular flexibility index (Phi) is 3.43. The van der Waals surface area contributed by atoms with E-state index in [1.807, 2.05) is 31.2 Å². The van der Waals surface area contributed by atoms with Crippen LogP contribution in [0.25, 0.3) is 10.8 Å². The smallest absolute Gasteiger partial charge is 0.313 e. The van der Waals surface area contributed by atoms with Crippen LogP contribution in [0.5, 0.6) is 0 Å². The van der Waals surface area contributed by atoms with E-state index in [1.165, 1.54) is 7.11 Å². The van der Waals surface area contributed by atoms with Crippen molar-refractivity contribution in [1.82, 2.24) is 0 Å². The molecule has 0 spiro atoms. The third-order valence-electron chi connectivity index (χ3n) is 3.09. The molecule has 0 heterocycles. The van der Waals surface area contributed by atoms with Crippen molar-refractivity contribution < 1.29 is 9.53 Å². The van der Waals surface area contributed by atoms with Crippen molar-refractivity contribution in [3.8, 4) is 0 Å². The SMILES string of the molecule is CCC(C(=O)OC)c1cccc2ccccc12. The molecule has 0 amide bonds. The number of hydrogen-bond acceptors (Lipinski definition) is 2. The summed E-state index contributed by atoms with van der Waals surface area (Å²) < 4.78 is 4.87. The van der Waals surface area contributed by atoms with E-state index in [2.05, 4.69) is 18.2 Å². The highest BCUT2D eigenvalue weighted by Gasteiger charge is 2.20. The van der Waals surface area contributed by atoms with Gasteiger partial charge in [0.1, 0.15) is 0 Å². The lowest BCUT2D eigenvalue weighted by Gasteiger charge is -2.15. The summed E-state index contributed by atoms with van der Waals surface area (Å²) in [7, 11) is 1.44. The van der Waals surface area contributed by atoms with Gasteiger partial charge in [0.15, 0.2) is 0 Å². The van der Waals surface area contributed by atoms with Crippen LogP contribution in [0.1, 0.15) is 24.8 Å². The highest BCUT2D eigenvalue weighted by molar-refractivity contribution is 5.91. The van der Waals surface area contributed by atoms with Gasteiger partial charge >= 0.3 is 5.97 Å². The Bertz CT molecular complexity index is 526. The average Bonchev–Trinajstić information content (AvgIpc) is 2.39. The molecule has 2 rings (SSSR count). The molecule has 2 aromatic carbocycles. The average molecular weight is 228 g/mol. The van der Waals surface area contributed by atoms with Crippen LogP contribution < -0.4 is 0 Å². The van der Waals surface area contributed by atoms with Crippen molar-refractivity contribution in [3.63, 3.8) is 0 Å². The molecule has 0 saturated carbocycles. The lowest BCUT2D eigenvalue weighted by molar-refractivity contribution is -0.142. The number of esters is 1. The van der Waals surface area contributed by atoms with E-state index < -0.39 is 0 Å². The van der Waals surface area contributed by atoms with Crippen LogP contribution in [-0.2, 0) is 9.53 Å². The second-order valence-corrected chi connectivity index (χ2v) is 4.05. The van der Waals surface area contributed by atoms with E-state index in [0.717, 1.165) is 22.8 Å². The molecule has 0 fully saturated rings. The molecule has 0 aliphatic heterocycles. The largest absolute Gasteiger partial charge is 0.469 e. The predicted molar refractivity (Wildman–Crippen MR) is 69.0 cm³/mol. The number of carbonyl (C=O) groups excluding carboxylic acids is 1. The van der Waals surface area contributed by atoms with Crippen LogP contribution >= 0.6 is 0 Å². The molecule has 0 N–H and O–H groups in total. The van der Waals surface area contributed by atoms with Gasteiger partial charge in [-0.25, -0.2) is 0 Å². The third-order valence-corrected chi connectivity index (χ3v) is 3.09. The quantitative estimate of drug-likeness (QED) is 0.751. The molecule has 88 valence electrons. The van der Waals surface area contributed by atoms with Crippen molar-refractivity contribution in [2.24, 2.45) is 0 Å². The number of methoxy groups -OCH3 is 1. The zero-order valence-electron chi connectivity index (χ0n) is 10.1. The number of rotatable bonds is 3. The lowest BCUT2D eigenvalue weighted by atomic mass is 9.91. The molecule has 17 heavy (non-hydrogen) atoms. The van der Waals surface area contributed by atoms with Crippen LogP contribution in [0, 0.1) is 0 Å². The standard InChI is InChI=1S/C15H16O2/c1-3-12(15(16)17-2)14-10-6-8-11-7-4-5-9-13(11)14/h4-10,12H,3H2,1-2H3. The van der Waals surface area contributed by atoms with Crippen LogP contribution in [0.15, 0.2) is 42.5 Å². The van der Waals surface area contributed by atoms with Gasteiger partial charge in [0.2, 0.25) is 0 Å². The number of benzene rings is 2. The summed E-state index contributed by atoms with van der Waals surface area (Å²) in [6.07, 6.45) is 0.751. The second kappa shape index (κ2) is 5.00. The molecule has 2 aromatic rings. The Morgan fingerprint density at radius 1 is 1.18 bits per heavy atom. The molecule has 0 bridgehead atoms. The first-order valence-electron chi connectivity index (χ1n) is 5.83. The fraction of sp³-hybridized carbons (Fsp3) is 0.267. The normalized spacial score (nSPS) is 12.4. The monoisotopic (exact) mass is 228 g/mol. The van der Waals surface area contributed by atoms with Crippen LogP contribution in [-0.4, -0.2) is 13.1 Å². The third kappa shape index (κ3) is 2.16. The Morgan fingerprint density at radius 3 is 2.59 bits per heavy atom. The number of carbonyl (C=O) groups is 1. The number of fused-ring (bicyclic) bond motifs is 1. The fourth-order valence-electron chi connectivity index (χ4n) is 2.21. The van der Waals surface area contributed by atoms with Gasteiger partial charge < -0.3 is 4.74 Å². The fourth-order valence-corrected chi connectivity index (χ4v) is 2.21. The van der Waals surface area contributed by atoms with Crippen molar-refractivity contribution in [1.29, 1.82) is 0 Å². The molecule has 1 unspecified atom stereocenters. The molecule has 0 saturated heterocycles. The van der Waals surface area contributed by atoms with Crippen LogP contribution in [0.2, 0.25) is 0 Å². The predicted octanol–water partition coefficient (Wildman–Crippen LogP) is 3.51. The van der Waals surface area contributed by atoms with Crippen molar-refractivity contribution in [2.75, 3.05) is 7.11 Å². The lowest BCUT2D eigenvalue weighted by Crippen LogP contribution is -2.13. The molecule has 0 aliphatic carbocycles. The first kappa shape index (κ1) is 11.6. The molecule has 2 heteroatoms. The molecular weight excluding hydrogens is 212 g/mol. The van der Waals surface area contributed by atoms with E-state index in [-0.39, 0.29) is 11.9 Å². The maximum absolute atomic E-state index is 11.8. The summed E-state index contributed by atoms with van der Waals surface area (Å²) >= 11 is 0. The minimum atomic E-state index is -0.175. The van der Waals surface area contributed by atoms with Crippen LogP contribution in [0.3, 0.4) is 0 Å². The van der Waals surface area contributed by atoms with E-state index in [4.69, 9.17) is 4.74 Å². The summed E-state index contributed by atoms with van der Waals surface area (Å²) in [6.45, 7) is 2.00. The zero-order chi connectivity index (χ0) is 12.3. The van der Waals surface area contributed by atoms with E-state index in [1.54, 1.807) is 0 Å². The van der Waals surface area contributed by atoms with Crippen molar-refractivity contribution in [2.45, 2.75) is 19.3 Å². The summed E-state index contributed by atoms with van der Waals surface area (Å²) in [4.78, 5) is 11.8.